The standard InChI is InChI=1S/C10H14N2O3S/c1-6-3-4-8(16-6)5-11-10(15)12-7(2)9(13)14/h3-4,7H,5H2,1-2H3,(H,13,14)(H2,11,12,15)/t7-/m1/s1. The van der Waals surface area contributed by atoms with Gasteiger partial charge in [-0.3, -0.25) is 4.79 Å². The molecule has 2 amide bonds. The summed E-state index contributed by atoms with van der Waals surface area (Å²) in [5.41, 5.74) is 0. The zero-order chi connectivity index (χ0) is 12.1. The average molecular weight is 242 g/mol. The molecule has 1 aromatic rings. The van der Waals surface area contributed by atoms with Crippen LogP contribution < -0.4 is 10.6 Å². The number of hydrogen-bond acceptors (Lipinski definition) is 3. The van der Waals surface area contributed by atoms with E-state index in [1.807, 2.05) is 19.1 Å². The fourth-order valence-electron chi connectivity index (χ4n) is 1.06. The molecule has 0 saturated carbocycles. The Hall–Kier alpha value is -1.56. The SMILES string of the molecule is Cc1ccc(CNC(=O)N[C@H](C)C(=O)O)s1. The van der Waals surface area contributed by atoms with Gasteiger partial charge in [0.15, 0.2) is 0 Å². The Bertz CT molecular complexity index is 389. The summed E-state index contributed by atoms with van der Waals surface area (Å²) in [6.45, 7) is 3.81. The van der Waals surface area contributed by atoms with Crippen molar-refractivity contribution in [3.8, 4) is 0 Å². The number of carboxylic acids is 1. The lowest BCUT2D eigenvalue weighted by Gasteiger charge is -2.09. The lowest BCUT2D eigenvalue weighted by atomic mass is 10.3. The quantitative estimate of drug-likeness (QED) is 0.745. The third-order valence-electron chi connectivity index (χ3n) is 1.94. The number of aryl methyl sites for hydroxylation is 1. The smallest absolute Gasteiger partial charge is 0.325 e. The van der Waals surface area contributed by atoms with Crippen molar-refractivity contribution in [1.82, 2.24) is 10.6 Å². The van der Waals surface area contributed by atoms with Gasteiger partial charge in [-0.25, -0.2) is 4.79 Å². The summed E-state index contributed by atoms with van der Waals surface area (Å²) in [6, 6.07) is 2.55. The lowest BCUT2D eigenvalue weighted by Crippen LogP contribution is -2.43. The van der Waals surface area contributed by atoms with Crippen LogP contribution in [0.3, 0.4) is 0 Å². The summed E-state index contributed by atoms with van der Waals surface area (Å²) in [5, 5.41) is 13.5. The van der Waals surface area contributed by atoms with E-state index in [1.165, 1.54) is 11.8 Å². The van der Waals surface area contributed by atoms with Gasteiger partial charge < -0.3 is 15.7 Å². The van der Waals surface area contributed by atoms with Crippen LogP contribution in [0, 0.1) is 6.92 Å². The topological polar surface area (TPSA) is 78.4 Å². The third-order valence-corrected chi connectivity index (χ3v) is 2.94. The molecule has 0 aliphatic carbocycles. The number of urea groups is 1. The van der Waals surface area contributed by atoms with E-state index in [-0.39, 0.29) is 0 Å². The van der Waals surface area contributed by atoms with Crippen LogP contribution in [0.1, 0.15) is 16.7 Å². The molecule has 6 heteroatoms. The fraction of sp³-hybridized carbons (Fsp3) is 0.400. The normalized spacial score (nSPS) is 11.9. The first-order valence-corrected chi connectivity index (χ1v) is 5.63. The Morgan fingerprint density at radius 1 is 1.50 bits per heavy atom. The van der Waals surface area contributed by atoms with Crippen LogP contribution in [0.2, 0.25) is 0 Å². The molecule has 0 aromatic carbocycles. The zero-order valence-electron chi connectivity index (χ0n) is 9.11. The number of aliphatic carboxylic acids is 1. The first-order valence-electron chi connectivity index (χ1n) is 4.81. The Balaban J connectivity index is 2.33. The van der Waals surface area contributed by atoms with E-state index in [0.29, 0.717) is 6.54 Å². The first kappa shape index (κ1) is 12.5. The molecule has 0 unspecified atom stereocenters. The molecule has 0 spiro atoms. The largest absolute Gasteiger partial charge is 0.480 e. The second kappa shape index (κ2) is 5.50. The van der Waals surface area contributed by atoms with E-state index >= 15 is 0 Å². The van der Waals surface area contributed by atoms with Crippen molar-refractivity contribution in [3.05, 3.63) is 21.9 Å². The highest BCUT2D eigenvalue weighted by molar-refractivity contribution is 7.11. The summed E-state index contributed by atoms with van der Waals surface area (Å²) >= 11 is 1.60. The van der Waals surface area contributed by atoms with Gasteiger partial charge in [0, 0.05) is 9.75 Å². The molecule has 1 atom stereocenters. The Labute approximate surface area is 97.5 Å². The predicted octanol–water partition coefficient (Wildman–Crippen LogP) is 1.33. The number of carbonyl (C=O) groups excluding carboxylic acids is 1. The molecule has 3 N–H and O–H groups in total. The third kappa shape index (κ3) is 3.90. The van der Waals surface area contributed by atoms with Crippen molar-refractivity contribution in [2.24, 2.45) is 0 Å². The van der Waals surface area contributed by atoms with Gasteiger partial charge in [0.05, 0.1) is 6.54 Å². The molecule has 88 valence electrons. The molecule has 0 bridgehead atoms. The number of nitrogens with one attached hydrogen (secondary N) is 2. The Morgan fingerprint density at radius 2 is 2.19 bits per heavy atom. The minimum atomic E-state index is -1.05. The molecule has 0 aliphatic heterocycles. The Kier molecular flexibility index (Phi) is 4.30. The summed E-state index contributed by atoms with van der Waals surface area (Å²) < 4.78 is 0. The first-order chi connectivity index (χ1) is 7.49. The van der Waals surface area contributed by atoms with Crippen LogP contribution in [0.15, 0.2) is 12.1 Å². The highest BCUT2D eigenvalue weighted by atomic mass is 32.1. The van der Waals surface area contributed by atoms with Crippen LogP contribution in [0.5, 0.6) is 0 Å². The van der Waals surface area contributed by atoms with E-state index in [1.54, 1.807) is 11.3 Å². The molecule has 1 rings (SSSR count). The van der Waals surface area contributed by atoms with Gasteiger partial charge in [-0.15, -0.1) is 11.3 Å². The van der Waals surface area contributed by atoms with Crippen LogP contribution in [0.25, 0.3) is 0 Å². The van der Waals surface area contributed by atoms with E-state index < -0.39 is 18.0 Å². The number of carboxylic acid groups (broad SMARTS) is 1. The second-order valence-corrected chi connectivity index (χ2v) is 4.77. The van der Waals surface area contributed by atoms with E-state index in [9.17, 15) is 9.59 Å². The second-order valence-electron chi connectivity index (χ2n) is 3.40. The van der Waals surface area contributed by atoms with Crippen molar-refractivity contribution in [2.75, 3.05) is 0 Å². The molecular weight excluding hydrogens is 228 g/mol. The molecular formula is C10H14N2O3S. The van der Waals surface area contributed by atoms with Gasteiger partial charge in [0.2, 0.25) is 0 Å². The monoisotopic (exact) mass is 242 g/mol. The van der Waals surface area contributed by atoms with Crippen molar-refractivity contribution in [1.29, 1.82) is 0 Å². The number of hydrogen-bond donors (Lipinski definition) is 3. The molecule has 1 aromatic heterocycles. The molecule has 0 aliphatic rings. The van der Waals surface area contributed by atoms with Crippen LogP contribution in [-0.2, 0) is 11.3 Å². The van der Waals surface area contributed by atoms with E-state index in [2.05, 4.69) is 10.6 Å². The van der Waals surface area contributed by atoms with Gasteiger partial charge in [-0.2, -0.15) is 0 Å². The highest BCUT2D eigenvalue weighted by Crippen LogP contribution is 2.14. The van der Waals surface area contributed by atoms with Crippen molar-refractivity contribution in [3.63, 3.8) is 0 Å². The molecule has 5 nitrogen and oxygen atoms in total. The molecule has 0 saturated heterocycles. The summed E-state index contributed by atoms with van der Waals surface area (Å²) in [4.78, 5) is 23.9. The van der Waals surface area contributed by atoms with Gasteiger partial charge in [0.1, 0.15) is 6.04 Å². The van der Waals surface area contributed by atoms with E-state index in [0.717, 1.165) is 4.88 Å². The highest BCUT2D eigenvalue weighted by Gasteiger charge is 2.13. The molecule has 1 heterocycles. The minimum Gasteiger partial charge on any atom is -0.480 e. The number of carbonyl (C=O) groups is 2. The predicted molar refractivity (Wildman–Crippen MR) is 61.5 cm³/mol. The number of rotatable bonds is 4. The van der Waals surface area contributed by atoms with E-state index in [4.69, 9.17) is 5.11 Å². The lowest BCUT2D eigenvalue weighted by molar-refractivity contribution is -0.138. The van der Waals surface area contributed by atoms with Crippen molar-refractivity contribution < 1.29 is 14.7 Å². The van der Waals surface area contributed by atoms with Gasteiger partial charge in [-0.05, 0) is 26.0 Å². The summed E-state index contributed by atoms with van der Waals surface area (Å²) in [5.74, 6) is -1.05. The average Bonchev–Trinajstić information content (AvgIpc) is 2.61. The molecule has 0 radical (unpaired) electrons. The minimum absolute atomic E-state index is 0.413. The van der Waals surface area contributed by atoms with Gasteiger partial charge in [-0.1, -0.05) is 0 Å². The maximum atomic E-state index is 11.3. The zero-order valence-corrected chi connectivity index (χ0v) is 9.93. The van der Waals surface area contributed by atoms with Crippen molar-refractivity contribution in [2.45, 2.75) is 26.4 Å². The van der Waals surface area contributed by atoms with Gasteiger partial charge in [0.25, 0.3) is 0 Å². The van der Waals surface area contributed by atoms with Crippen LogP contribution in [-0.4, -0.2) is 23.1 Å². The van der Waals surface area contributed by atoms with Crippen LogP contribution in [0.4, 0.5) is 4.79 Å². The fourth-order valence-corrected chi connectivity index (χ4v) is 1.89. The maximum Gasteiger partial charge on any atom is 0.325 e. The van der Waals surface area contributed by atoms with Crippen LogP contribution >= 0.6 is 11.3 Å². The summed E-state index contributed by atoms with van der Waals surface area (Å²) in [7, 11) is 0. The number of thiophene rings is 1. The maximum absolute atomic E-state index is 11.3. The molecule has 0 fully saturated rings. The summed E-state index contributed by atoms with van der Waals surface area (Å²) in [6.07, 6.45) is 0. The van der Waals surface area contributed by atoms with Crippen molar-refractivity contribution >= 4 is 23.3 Å². The molecule has 16 heavy (non-hydrogen) atoms. The van der Waals surface area contributed by atoms with Gasteiger partial charge >= 0.3 is 12.0 Å². The Morgan fingerprint density at radius 3 is 2.69 bits per heavy atom. The number of amides is 2.